The highest BCUT2D eigenvalue weighted by molar-refractivity contribution is 5.79. The zero-order valence-corrected chi connectivity index (χ0v) is 13.2. The van der Waals surface area contributed by atoms with E-state index in [1.54, 1.807) is 0 Å². The Hall–Kier alpha value is -1.59. The Morgan fingerprint density at radius 2 is 1.91 bits per heavy atom. The third-order valence-electron chi connectivity index (χ3n) is 4.96. The van der Waals surface area contributed by atoms with Crippen LogP contribution in [-0.2, 0) is 4.74 Å². The molecule has 2 aromatic rings. The number of benzene rings is 1. The lowest BCUT2D eigenvalue weighted by atomic mass is 10.00. The van der Waals surface area contributed by atoms with Crippen LogP contribution in [0.25, 0.3) is 11.0 Å². The number of aromatic nitrogens is 2. The number of imidazole rings is 1. The molecule has 118 valence electrons. The zero-order chi connectivity index (χ0) is 14.9. The molecule has 0 bridgehead atoms. The molecular weight excluding hydrogens is 276 g/mol. The highest BCUT2D eigenvalue weighted by Crippen LogP contribution is 2.28. The average Bonchev–Trinajstić information content (AvgIpc) is 2.99. The lowest BCUT2D eigenvalue weighted by Gasteiger charge is -2.34. The van der Waals surface area contributed by atoms with E-state index >= 15 is 0 Å². The number of ether oxygens (including phenoxy) is 1. The predicted octanol–water partition coefficient (Wildman–Crippen LogP) is 2.21. The van der Waals surface area contributed by atoms with Crippen LogP contribution in [0.4, 0.5) is 5.69 Å². The fourth-order valence-corrected chi connectivity index (χ4v) is 3.44. The summed E-state index contributed by atoms with van der Waals surface area (Å²) in [5.74, 6) is 1.65. The van der Waals surface area contributed by atoms with Crippen LogP contribution in [-0.4, -0.2) is 61.3 Å². The van der Waals surface area contributed by atoms with E-state index in [2.05, 4.69) is 40.0 Å². The molecule has 0 aliphatic carbocycles. The number of nitrogens with zero attached hydrogens (tertiary/aromatic N) is 3. The molecule has 0 amide bonds. The number of hydrogen-bond acceptors (Lipinski definition) is 4. The monoisotopic (exact) mass is 300 g/mol. The van der Waals surface area contributed by atoms with Gasteiger partial charge in [-0.2, -0.15) is 0 Å². The summed E-state index contributed by atoms with van der Waals surface area (Å²) in [6, 6.07) is 6.63. The minimum Gasteiger partial charge on any atom is -0.381 e. The normalized spacial score (nSPS) is 21.6. The molecule has 2 aliphatic heterocycles. The smallest absolute Gasteiger partial charge is 0.110 e. The van der Waals surface area contributed by atoms with Gasteiger partial charge < -0.3 is 19.5 Å². The van der Waals surface area contributed by atoms with Gasteiger partial charge in [-0.25, -0.2) is 4.98 Å². The SMILES string of the molecule is CN1CCN(c2ccc3nc(C4CCOCC4)[nH]c3c2)CC1. The van der Waals surface area contributed by atoms with E-state index in [0.717, 1.165) is 69.1 Å². The Morgan fingerprint density at radius 1 is 1.14 bits per heavy atom. The third kappa shape index (κ3) is 2.71. The first-order chi connectivity index (χ1) is 10.8. The summed E-state index contributed by atoms with van der Waals surface area (Å²) >= 11 is 0. The van der Waals surface area contributed by atoms with Crippen LogP contribution in [0.15, 0.2) is 18.2 Å². The molecule has 1 aromatic carbocycles. The van der Waals surface area contributed by atoms with Crippen LogP contribution in [0.2, 0.25) is 0 Å². The predicted molar refractivity (Wildman–Crippen MR) is 88.6 cm³/mol. The van der Waals surface area contributed by atoms with Gasteiger partial charge in [0.25, 0.3) is 0 Å². The molecule has 22 heavy (non-hydrogen) atoms. The first-order valence-corrected chi connectivity index (χ1v) is 8.30. The molecule has 0 radical (unpaired) electrons. The standard InChI is InChI=1S/C17H24N4O/c1-20-6-8-21(9-7-20)14-2-3-15-16(12-14)19-17(18-15)13-4-10-22-11-5-13/h2-3,12-13H,4-11H2,1H3,(H,18,19). The van der Waals surface area contributed by atoms with Gasteiger partial charge in [0.1, 0.15) is 5.82 Å². The van der Waals surface area contributed by atoms with Gasteiger partial charge in [0, 0.05) is 51.0 Å². The highest BCUT2D eigenvalue weighted by Gasteiger charge is 2.20. The molecule has 2 aliphatic rings. The van der Waals surface area contributed by atoms with Gasteiger partial charge in [0.05, 0.1) is 11.0 Å². The molecule has 4 rings (SSSR count). The Balaban J connectivity index is 1.58. The molecule has 3 heterocycles. The number of nitrogens with one attached hydrogen (secondary N) is 1. The van der Waals surface area contributed by atoms with Crippen molar-refractivity contribution in [1.29, 1.82) is 0 Å². The Morgan fingerprint density at radius 3 is 2.68 bits per heavy atom. The average molecular weight is 300 g/mol. The van der Waals surface area contributed by atoms with Crippen molar-refractivity contribution in [3.05, 3.63) is 24.0 Å². The van der Waals surface area contributed by atoms with Crippen molar-refractivity contribution in [3.8, 4) is 0 Å². The topological polar surface area (TPSA) is 44.4 Å². The minimum atomic E-state index is 0.522. The van der Waals surface area contributed by atoms with Crippen LogP contribution >= 0.6 is 0 Å². The van der Waals surface area contributed by atoms with E-state index in [9.17, 15) is 0 Å². The van der Waals surface area contributed by atoms with Crippen molar-refractivity contribution in [2.24, 2.45) is 0 Å². The molecule has 1 N–H and O–H groups in total. The van der Waals surface area contributed by atoms with Gasteiger partial charge in [-0.3, -0.25) is 0 Å². The van der Waals surface area contributed by atoms with E-state index < -0.39 is 0 Å². The van der Waals surface area contributed by atoms with Gasteiger partial charge in [0.2, 0.25) is 0 Å². The van der Waals surface area contributed by atoms with Crippen molar-refractivity contribution in [2.75, 3.05) is 51.3 Å². The number of H-pyrrole nitrogens is 1. The Labute approximate surface area is 131 Å². The number of hydrogen-bond donors (Lipinski definition) is 1. The molecule has 5 nitrogen and oxygen atoms in total. The number of fused-ring (bicyclic) bond motifs is 1. The summed E-state index contributed by atoms with van der Waals surface area (Å²) in [6.07, 6.45) is 2.15. The number of likely N-dealkylation sites (N-methyl/N-ethyl adjacent to an activating group) is 1. The lowest BCUT2D eigenvalue weighted by molar-refractivity contribution is 0.0838. The van der Waals surface area contributed by atoms with E-state index in [1.165, 1.54) is 5.69 Å². The fraction of sp³-hybridized carbons (Fsp3) is 0.588. The van der Waals surface area contributed by atoms with Gasteiger partial charge in [0.15, 0.2) is 0 Å². The molecule has 2 fully saturated rings. The molecule has 5 heteroatoms. The number of piperazine rings is 1. The molecule has 2 saturated heterocycles. The van der Waals surface area contributed by atoms with Crippen LogP contribution < -0.4 is 4.90 Å². The van der Waals surface area contributed by atoms with Crippen molar-refractivity contribution >= 4 is 16.7 Å². The minimum absolute atomic E-state index is 0.522. The van der Waals surface area contributed by atoms with Gasteiger partial charge in [-0.15, -0.1) is 0 Å². The van der Waals surface area contributed by atoms with Crippen LogP contribution in [0.5, 0.6) is 0 Å². The number of rotatable bonds is 2. The largest absolute Gasteiger partial charge is 0.381 e. The van der Waals surface area contributed by atoms with Crippen LogP contribution in [0, 0.1) is 0 Å². The molecular formula is C17H24N4O. The summed E-state index contributed by atoms with van der Waals surface area (Å²) in [6.45, 7) is 6.18. The molecule has 0 atom stereocenters. The maximum atomic E-state index is 5.45. The fourth-order valence-electron chi connectivity index (χ4n) is 3.44. The van der Waals surface area contributed by atoms with Crippen molar-refractivity contribution in [1.82, 2.24) is 14.9 Å². The summed E-state index contributed by atoms with van der Waals surface area (Å²) in [4.78, 5) is 13.2. The van der Waals surface area contributed by atoms with Gasteiger partial charge in [-0.05, 0) is 38.1 Å². The Bertz CT molecular complexity index is 639. The van der Waals surface area contributed by atoms with E-state index in [1.807, 2.05) is 0 Å². The molecule has 0 saturated carbocycles. The molecule has 0 unspecified atom stereocenters. The zero-order valence-electron chi connectivity index (χ0n) is 13.2. The van der Waals surface area contributed by atoms with E-state index in [0.29, 0.717) is 5.92 Å². The van der Waals surface area contributed by atoms with Crippen LogP contribution in [0.1, 0.15) is 24.6 Å². The summed E-state index contributed by atoms with van der Waals surface area (Å²) in [7, 11) is 2.19. The second-order valence-corrected chi connectivity index (χ2v) is 6.50. The quantitative estimate of drug-likeness (QED) is 0.923. The van der Waals surface area contributed by atoms with Gasteiger partial charge >= 0.3 is 0 Å². The second-order valence-electron chi connectivity index (χ2n) is 6.50. The van der Waals surface area contributed by atoms with Gasteiger partial charge in [-0.1, -0.05) is 0 Å². The van der Waals surface area contributed by atoms with Crippen molar-refractivity contribution < 1.29 is 4.74 Å². The maximum Gasteiger partial charge on any atom is 0.110 e. The first-order valence-electron chi connectivity index (χ1n) is 8.30. The van der Waals surface area contributed by atoms with E-state index in [4.69, 9.17) is 9.72 Å². The Kier molecular flexibility index (Phi) is 3.76. The maximum absolute atomic E-state index is 5.45. The van der Waals surface area contributed by atoms with E-state index in [-0.39, 0.29) is 0 Å². The summed E-state index contributed by atoms with van der Waals surface area (Å²) < 4.78 is 5.45. The number of aromatic amines is 1. The first kappa shape index (κ1) is 14.0. The third-order valence-corrected chi connectivity index (χ3v) is 4.96. The summed E-state index contributed by atoms with van der Waals surface area (Å²) in [5.41, 5.74) is 3.56. The molecule has 0 spiro atoms. The summed E-state index contributed by atoms with van der Waals surface area (Å²) in [5, 5.41) is 0. The van der Waals surface area contributed by atoms with Crippen molar-refractivity contribution in [3.63, 3.8) is 0 Å². The highest BCUT2D eigenvalue weighted by atomic mass is 16.5. The molecule has 1 aromatic heterocycles. The second kappa shape index (κ2) is 5.89. The van der Waals surface area contributed by atoms with Crippen LogP contribution in [0.3, 0.4) is 0 Å². The number of anilines is 1. The van der Waals surface area contributed by atoms with Crippen molar-refractivity contribution in [2.45, 2.75) is 18.8 Å². The lowest BCUT2D eigenvalue weighted by Crippen LogP contribution is -2.44.